The first-order chi connectivity index (χ1) is 9.60. The fraction of sp³-hybridized carbons (Fsp3) is 0.250. The minimum absolute atomic E-state index is 0.0290. The van der Waals surface area contributed by atoms with E-state index in [4.69, 9.17) is 16.3 Å². The maximum absolute atomic E-state index is 13.5. The van der Waals surface area contributed by atoms with Gasteiger partial charge in [0.2, 0.25) is 0 Å². The van der Waals surface area contributed by atoms with Crippen molar-refractivity contribution in [2.24, 2.45) is 0 Å². The summed E-state index contributed by atoms with van der Waals surface area (Å²) >= 11 is 5.69. The van der Waals surface area contributed by atoms with Crippen LogP contribution in [0.5, 0.6) is 5.75 Å². The van der Waals surface area contributed by atoms with Gasteiger partial charge >= 0.3 is 0 Å². The number of nitrogens with one attached hydrogen (secondary N) is 1. The molecule has 1 N–H and O–H groups in total. The molecule has 20 heavy (non-hydrogen) atoms. The van der Waals surface area contributed by atoms with Crippen LogP contribution in [0.2, 0.25) is 5.02 Å². The molecule has 0 aliphatic heterocycles. The lowest BCUT2D eigenvalue weighted by molar-refractivity contribution is 0.340. The van der Waals surface area contributed by atoms with Gasteiger partial charge in [0.25, 0.3) is 0 Å². The smallest absolute Gasteiger partial charge is 0.142 e. The fourth-order valence-electron chi connectivity index (χ4n) is 1.96. The van der Waals surface area contributed by atoms with Gasteiger partial charge in [-0.25, -0.2) is 4.39 Å². The molecule has 0 fully saturated rings. The highest BCUT2D eigenvalue weighted by Crippen LogP contribution is 2.25. The topological polar surface area (TPSA) is 21.3 Å². The molecule has 0 heterocycles. The van der Waals surface area contributed by atoms with Crippen molar-refractivity contribution in [2.45, 2.75) is 19.9 Å². The molecule has 0 aromatic heterocycles. The second-order valence-electron chi connectivity index (χ2n) is 4.50. The Bertz CT molecular complexity index is 588. The molecule has 0 amide bonds. The summed E-state index contributed by atoms with van der Waals surface area (Å²) in [6, 6.07) is 12.5. The first-order valence-electron chi connectivity index (χ1n) is 6.54. The van der Waals surface area contributed by atoms with Gasteiger partial charge in [0.15, 0.2) is 0 Å². The highest BCUT2D eigenvalue weighted by molar-refractivity contribution is 6.30. The number of hydrogen-bond donors (Lipinski definition) is 1. The van der Waals surface area contributed by atoms with Crippen molar-refractivity contribution in [1.29, 1.82) is 0 Å². The molecule has 0 spiro atoms. The van der Waals surface area contributed by atoms with Crippen molar-refractivity contribution in [3.8, 4) is 5.75 Å². The lowest BCUT2D eigenvalue weighted by atomic mass is 10.1. The average Bonchev–Trinajstić information content (AvgIpc) is 2.42. The summed E-state index contributed by atoms with van der Waals surface area (Å²) in [6.07, 6.45) is 0. The molecule has 4 heteroatoms. The Hall–Kier alpha value is -1.74. The van der Waals surface area contributed by atoms with E-state index >= 15 is 0 Å². The molecule has 106 valence electrons. The predicted molar refractivity (Wildman–Crippen MR) is 81.1 cm³/mol. The average molecular weight is 294 g/mol. The molecule has 0 bridgehead atoms. The molecule has 0 saturated carbocycles. The number of halogens is 2. The van der Waals surface area contributed by atoms with Gasteiger partial charge in [0.1, 0.15) is 11.6 Å². The van der Waals surface area contributed by atoms with Crippen molar-refractivity contribution < 1.29 is 9.13 Å². The molecule has 2 aromatic rings. The third-order valence-electron chi connectivity index (χ3n) is 2.97. The first kappa shape index (κ1) is 14.7. The van der Waals surface area contributed by atoms with Crippen LogP contribution >= 0.6 is 11.6 Å². The molecule has 2 rings (SSSR count). The van der Waals surface area contributed by atoms with Crippen LogP contribution in [0, 0.1) is 5.82 Å². The largest absolute Gasteiger partial charge is 0.494 e. The zero-order valence-corrected chi connectivity index (χ0v) is 12.2. The maximum Gasteiger partial charge on any atom is 0.142 e. The zero-order valence-electron chi connectivity index (χ0n) is 11.5. The second kappa shape index (κ2) is 6.62. The van der Waals surface area contributed by atoms with Crippen molar-refractivity contribution in [2.75, 3.05) is 11.9 Å². The molecular weight excluding hydrogens is 277 g/mol. The summed E-state index contributed by atoms with van der Waals surface area (Å²) in [7, 11) is 0. The van der Waals surface area contributed by atoms with E-state index in [-0.39, 0.29) is 11.1 Å². The Kier molecular flexibility index (Phi) is 4.85. The number of ether oxygens (including phenoxy) is 1. The molecule has 0 aliphatic carbocycles. The molecular formula is C16H17ClFNO. The number of anilines is 1. The predicted octanol–water partition coefficient (Wildman–Crippen LogP) is 5.05. The van der Waals surface area contributed by atoms with Crippen molar-refractivity contribution in [3.63, 3.8) is 0 Å². The lowest BCUT2D eigenvalue weighted by Gasteiger charge is -2.16. The maximum atomic E-state index is 13.5. The van der Waals surface area contributed by atoms with Crippen LogP contribution in [0.3, 0.4) is 0 Å². The van der Waals surface area contributed by atoms with Crippen LogP contribution < -0.4 is 10.1 Å². The van der Waals surface area contributed by atoms with Gasteiger partial charge in [-0.1, -0.05) is 23.7 Å². The van der Waals surface area contributed by atoms with Crippen LogP contribution in [0.4, 0.5) is 10.1 Å². The molecule has 1 unspecified atom stereocenters. The van der Waals surface area contributed by atoms with Gasteiger partial charge in [-0.05, 0) is 43.7 Å². The van der Waals surface area contributed by atoms with E-state index in [1.54, 1.807) is 6.07 Å². The van der Waals surface area contributed by atoms with E-state index in [1.165, 1.54) is 6.07 Å². The molecule has 1 atom stereocenters. The fourth-order valence-corrected chi connectivity index (χ4v) is 2.07. The summed E-state index contributed by atoms with van der Waals surface area (Å²) in [4.78, 5) is 0. The third-order valence-corrected chi connectivity index (χ3v) is 3.28. The van der Waals surface area contributed by atoms with Crippen molar-refractivity contribution in [3.05, 3.63) is 58.9 Å². The van der Waals surface area contributed by atoms with E-state index in [2.05, 4.69) is 5.32 Å². The van der Waals surface area contributed by atoms with E-state index in [9.17, 15) is 4.39 Å². The van der Waals surface area contributed by atoms with Crippen LogP contribution in [-0.2, 0) is 0 Å². The summed E-state index contributed by atoms with van der Waals surface area (Å²) in [5.74, 6) is 0.410. The minimum Gasteiger partial charge on any atom is -0.494 e. The Labute approximate surface area is 123 Å². The highest BCUT2D eigenvalue weighted by atomic mass is 35.5. The quantitative estimate of drug-likeness (QED) is 0.833. The molecule has 0 saturated heterocycles. The summed E-state index contributed by atoms with van der Waals surface area (Å²) in [6.45, 7) is 4.54. The standard InChI is InChI=1S/C16H17ClFNO/c1-3-20-14-6-4-5-13(10-14)19-11(2)12-7-8-15(17)16(18)9-12/h4-11,19H,3H2,1-2H3. The second-order valence-corrected chi connectivity index (χ2v) is 4.91. The number of benzene rings is 2. The summed E-state index contributed by atoms with van der Waals surface area (Å²) in [5.41, 5.74) is 1.77. The van der Waals surface area contributed by atoms with Gasteiger partial charge in [-0.3, -0.25) is 0 Å². The lowest BCUT2D eigenvalue weighted by Crippen LogP contribution is -2.07. The molecule has 2 aromatic carbocycles. The summed E-state index contributed by atoms with van der Waals surface area (Å²) < 4.78 is 18.9. The van der Waals surface area contributed by atoms with E-state index in [0.29, 0.717) is 6.61 Å². The van der Waals surface area contributed by atoms with Crippen LogP contribution in [-0.4, -0.2) is 6.61 Å². The monoisotopic (exact) mass is 293 g/mol. The Morgan fingerprint density at radius 2 is 2.05 bits per heavy atom. The van der Waals surface area contributed by atoms with Crippen LogP contribution in [0.25, 0.3) is 0 Å². The Balaban J connectivity index is 2.12. The zero-order chi connectivity index (χ0) is 14.5. The van der Waals surface area contributed by atoms with Gasteiger partial charge in [0.05, 0.1) is 11.6 Å². The molecule has 0 radical (unpaired) electrons. The van der Waals surface area contributed by atoms with Gasteiger partial charge in [0, 0.05) is 17.8 Å². The summed E-state index contributed by atoms with van der Waals surface area (Å²) in [5, 5.41) is 3.45. The van der Waals surface area contributed by atoms with Crippen molar-refractivity contribution >= 4 is 17.3 Å². The van der Waals surface area contributed by atoms with Crippen molar-refractivity contribution in [1.82, 2.24) is 0 Å². The number of hydrogen-bond acceptors (Lipinski definition) is 2. The minimum atomic E-state index is -0.402. The Morgan fingerprint density at radius 1 is 1.25 bits per heavy atom. The number of rotatable bonds is 5. The normalized spacial score (nSPS) is 12.0. The molecule has 2 nitrogen and oxygen atoms in total. The van der Waals surface area contributed by atoms with Gasteiger partial charge < -0.3 is 10.1 Å². The van der Waals surface area contributed by atoms with Crippen LogP contribution in [0.1, 0.15) is 25.5 Å². The van der Waals surface area contributed by atoms with Gasteiger partial charge in [-0.2, -0.15) is 0 Å². The third kappa shape index (κ3) is 3.64. The van der Waals surface area contributed by atoms with E-state index in [0.717, 1.165) is 17.0 Å². The van der Waals surface area contributed by atoms with E-state index in [1.807, 2.05) is 44.2 Å². The Morgan fingerprint density at radius 3 is 2.75 bits per heavy atom. The molecule has 0 aliphatic rings. The SMILES string of the molecule is CCOc1cccc(NC(C)c2ccc(Cl)c(F)c2)c1. The van der Waals surface area contributed by atoms with Crippen LogP contribution in [0.15, 0.2) is 42.5 Å². The highest BCUT2D eigenvalue weighted by Gasteiger charge is 2.08. The van der Waals surface area contributed by atoms with Gasteiger partial charge in [-0.15, -0.1) is 0 Å². The first-order valence-corrected chi connectivity index (χ1v) is 6.92. The van der Waals surface area contributed by atoms with E-state index < -0.39 is 5.82 Å².